The van der Waals surface area contributed by atoms with Crippen LogP contribution >= 0.6 is 0 Å². The summed E-state index contributed by atoms with van der Waals surface area (Å²) in [5.74, 6) is -0.235. The third-order valence-electron chi connectivity index (χ3n) is 4.78. The Balaban J connectivity index is 1.67. The van der Waals surface area contributed by atoms with E-state index < -0.39 is 10.0 Å². The van der Waals surface area contributed by atoms with E-state index in [9.17, 15) is 13.2 Å². The molecule has 3 rings (SSSR count). The monoisotopic (exact) mass is 402 g/mol. The van der Waals surface area contributed by atoms with E-state index in [1.54, 1.807) is 24.3 Å². The second kappa shape index (κ2) is 8.20. The molecule has 150 valence electrons. The lowest BCUT2D eigenvalue weighted by atomic mass is 10.1. The van der Waals surface area contributed by atoms with Crippen molar-refractivity contribution >= 4 is 33.0 Å². The summed E-state index contributed by atoms with van der Waals surface area (Å²) in [7, 11) is -1.21. The Morgan fingerprint density at radius 1 is 1.00 bits per heavy atom. The SMILES string of the molecule is Cc1cc(N2CCN(C)CC2)ccc1NC(=O)c1ccc(NS(C)(=O)=O)cc1. The van der Waals surface area contributed by atoms with Gasteiger partial charge in [0, 0.05) is 48.8 Å². The number of aryl methyl sites for hydroxylation is 1. The highest BCUT2D eigenvalue weighted by Gasteiger charge is 2.15. The summed E-state index contributed by atoms with van der Waals surface area (Å²) in [6.07, 6.45) is 1.09. The zero-order valence-electron chi connectivity index (χ0n) is 16.4. The third kappa shape index (κ3) is 5.24. The average molecular weight is 403 g/mol. The molecule has 2 aromatic carbocycles. The minimum atomic E-state index is -3.34. The number of nitrogens with one attached hydrogen (secondary N) is 2. The van der Waals surface area contributed by atoms with Crippen LogP contribution in [0.1, 0.15) is 15.9 Å². The first kappa shape index (κ1) is 20.2. The van der Waals surface area contributed by atoms with Crippen molar-refractivity contribution in [1.82, 2.24) is 4.90 Å². The second-order valence-electron chi connectivity index (χ2n) is 7.20. The molecule has 1 heterocycles. The van der Waals surface area contributed by atoms with Gasteiger partial charge in [-0.15, -0.1) is 0 Å². The molecule has 2 N–H and O–H groups in total. The molecule has 1 aliphatic rings. The molecule has 0 saturated carbocycles. The first-order valence-corrected chi connectivity index (χ1v) is 11.0. The van der Waals surface area contributed by atoms with Gasteiger partial charge in [-0.3, -0.25) is 9.52 Å². The Morgan fingerprint density at radius 3 is 2.21 bits per heavy atom. The Bertz CT molecular complexity index is 950. The highest BCUT2D eigenvalue weighted by molar-refractivity contribution is 7.92. The number of hydrogen-bond donors (Lipinski definition) is 2. The fourth-order valence-corrected chi connectivity index (χ4v) is 3.71. The maximum atomic E-state index is 12.5. The van der Waals surface area contributed by atoms with Gasteiger partial charge in [-0.1, -0.05) is 0 Å². The fourth-order valence-electron chi connectivity index (χ4n) is 3.15. The molecule has 1 aliphatic heterocycles. The largest absolute Gasteiger partial charge is 0.369 e. The summed E-state index contributed by atoms with van der Waals surface area (Å²) in [6, 6.07) is 12.4. The van der Waals surface area contributed by atoms with Crippen molar-refractivity contribution < 1.29 is 13.2 Å². The maximum Gasteiger partial charge on any atom is 0.255 e. The second-order valence-corrected chi connectivity index (χ2v) is 8.94. The van der Waals surface area contributed by atoms with Crippen LogP contribution in [0.5, 0.6) is 0 Å². The smallest absolute Gasteiger partial charge is 0.255 e. The number of amides is 1. The Hall–Kier alpha value is -2.58. The molecule has 0 bridgehead atoms. The van der Waals surface area contributed by atoms with E-state index in [-0.39, 0.29) is 5.91 Å². The molecule has 0 unspecified atom stereocenters. The first-order valence-electron chi connectivity index (χ1n) is 9.14. The summed E-state index contributed by atoms with van der Waals surface area (Å²) < 4.78 is 24.9. The van der Waals surface area contributed by atoms with E-state index in [2.05, 4.69) is 33.0 Å². The summed E-state index contributed by atoms with van der Waals surface area (Å²) in [5.41, 5.74) is 3.81. The van der Waals surface area contributed by atoms with Crippen LogP contribution in [0.4, 0.5) is 17.1 Å². The third-order valence-corrected chi connectivity index (χ3v) is 5.38. The Labute approximate surface area is 166 Å². The van der Waals surface area contributed by atoms with E-state index in [0.717, 1.165) is 43.7 Å². The predicted octanol–water partition coefficient (Wildman–Crippen LogP) is 2.37. The van der Waals surface area contributed by atoms with Crippen molar-refractivity contribution in [3.05, 3.63) is 53.6 Å². The predicted molar refractivity (Wildman–Crippen MR) is 114 cm³/mol. The van der Waals surface area contributed by atoms with Gasteiger partial charge in [-0.25, -0.2) is 8.42 Å². The fraction of sp³-hybridized carbons (Fsp3) is 0.350. The summed E-state index contributed by atoms with van der Waals surface area (Å²) in [4.78, 5) is 17.2. The number of piperazine rings is 1. The summed E-state index contributed by atoms with van der Waals surface area (Å²) >= 11 is 0. The molecule has 28 heavy (non-hydrogen) atoms. The van der Waals surface area contributed by atoms with Crippen LogP contribution in [0.3, 0.4) is 0 Å². The van der Waals surface area contributed by atoms with Crippen molar-refractivity contribution in [1.29, 1.82) is 0 Å². The molecule has 1 saturated heterocycles. The van der Waals surface area contributed by atoms with Gasteiger partial charge in [0.05, 0.1) is 6.26 Å². The van der Waals surface area contributed by atoms with Gasteiger partial charge < -0.3 is 15.1 Å². The van der Waals surface area contributed by atoms with E-state index in [1.165, 1.54) is 5.69 Å². The lowest BCUT2D eigenvalue weighted by Gasteiger charge is -2.34. The molecule has 1 fully saturated rings. The van der Waals surface area contributed by atoms with Crippen LogP contribution < -0.4 is 14.9 Å². The van der Waals surface area contributed by atoms with Crippen molar-refractivity contribution in [3.8, 4) is 0 Å². The standard InChI is InChI=1S/C20H26N4O3S/c1-15-14-18(24-12-10-23(2)11-13-24)8-9-19(15)21-20(25)16-4-6-17(7-5-16)22-28(3,26)27/h4-9,14,22H,10-13H2,1-3H3,(H,21,25). The van der Waals surface area contributed by atoms with Gasteiger partial charge >= 0.3 is 0 Å². The maximum absolute atomic E-state index is 12.5. The zero-order chi connectivity index (χ0) is 20.3. The van der Waals surface area contributed by atoms with E-state index in [0.29, 0.717) is 11.3 Å². The van der Waals surface area contributed by atoms with Crippen molar-refractivity contribution in [3.63, 3.8) is 0 Å². The van der Waals surface area contributed by atoms with Crippen molar-refractivity contribution in [2.24, 2.45) is 0 Å². The summed E-state index contributed by atoms with van der Waals surface area (Å²) in [6.45, 7) is 6.06. The quantitative estimate of drug-likeness (QED) is 0.802. The lowest BCUT2D eigenvalue weighted by Crippen LogP contribution is -2.44. The van der Waals surface area contributed by atoms with Crippen LogP contribution in [-0.4, -0.2) is 58.7 Å². The van der Waals surface area contributed by atoms with Gasteiger partial charge in [0.25, 0.3) is 5.91 Å². The number of rotatable bonds is 5. The molecule has 1 amide bonds. The molecule has 0 spiro atoms. The van der Waals surface area contributed by atoms with E-state index in [4.69, 9.17) is 0 Å². The molecule has 0 atom stereocenters. The molecule has 8 heteroatoms. The number of likely N-dealkylation sites (N-methyl/N-ethyl adjacent to an activating group) is 1. The van der Waals surface area contributed by atoms with Gasteiger partial charge in [0.2, 0.25) is 10.0 Å². The number of benzene rings is 2. The van der Waals surface area contributed by atoms with Crippen LogP contribution in [-0.2, 0) is 10.0 Å². The molecule has 7 nitrogen and oxygen atoms in total. The number of anilines is 3. The first-order chi connectivity index (χ1) is 13.2. The highest BCUT2D eigenvalue weighted by Crippen LogP contribution is 2.24. The number of carbonyl (C=O) groups is 1. The molecular weight excluding hydrogens is 376 g/mol. The topological polar surface area (TPSA) is 81.8 Å². The number of nitrogens with zero attached hydrogens (tertiary/aromatic N) is 2. The van der Waals surface area contributed by atoms with Gasteiger partial charge in [0.1, 0.15) is 0 Å². The highest BCUT2D eigenvalue weighted by atomic mass is 32.2. The van der Waals surface area contributed by atoms with Crippen LogP contribution in [0.25, 0.3) is 0 Å². The zero-order valence-corrected chi connectivity index (χ0v) is 17.2. The molecule has 2 aromatic rings. The van der Waals surface area contributed by atoms with Crippen LogP contribution in [0.15, 0.2) is 42.5 Å². The minimum Gasteiger partial charge on any atom is -0.369 e. The number of sulfonamides is 1. The molecule has 0 aliphatic carbocycles. The lowest BCUT2D eigenvalue weighted by molar-refractivity contribution is 0.102. The van der Waals surface area contributed by atoms with Crippen LogP contribution in [0, 0.1) is 6.92 Å². The Morgan fingerprint density at radius 2 is 1.64 bits per heavy atom. The van der Waals surface area contributed by atoms with Crippen LogP contribution in [0.2, 0.25) is 0 Å². The van der Waals surface area contributed by atoms with Crippen molar-refractivity contribution in [2.75, 3.05) is 54.4 Å². The average Bonchev–Trinajstić information content (AvgIpc) is 2.63. The summed E-state index contributed by atoms with van der Waals surface area (Å²) in [5, 5.41) is 2.93. The molecule has 0 radical (unpaired) electrons. The Kier molecular flexibility index (Phi) is 5.90. The van der Waals surface area contributed by atoms with Gasteiger partial charge in [-0.2, -0.15) is 0 Å². The number of carbonyl (C=O) groups excluding carboxylic acids is 1. The molecular formula is C20H26N4O3S. The minimum absolute atomic E-state index is 0.235. The number of hydrogen-bond acceptors (Lipinski definition) is 5. The molecule has 0 aromatic heterocycles. The van der Waals surface area contributed by atoms with Gasteiger partial charge in [-0.05, 0) is 62.0 Å². The van der Waals surface area contributed by atoms with E-state index in [1.807, 2.05) is 19.1 Å². The van der Waals surface area contributed by atoms with Gasteiger partial charge in [0.15, 0.2) is 0 Å². The van der Waals surface area contributed by atoms with E-state index >= 15 is 0 Å². The van der Waals surface area contributed by atoms with Crippen molar-refractivity contribution in [2.45, 2.75) is 6.92 Å². The normalized spacial score (nSPS) is 15.3.